The average Bonchev–Trinajstić information content (AvgIpc) is 2.71. The van der Waals surface area contributed by atoms with Gasteiger partial charge in [-0.3, -0.25) is 4.99 Å². The van der Waals surface area contributed by atoms with Gasteiger partial charge in [-0.2, -0.15) is 0 Å². The van der Waals surface area contributed by atoms with Crippen molar-refractivity contribution in [1.82, 2.24) is 0 Å². The lowest BCUT2D eigenvalue weighted by molar-refractivity contribution is 0.0697. The van der Waals surface area contributed by atoms with E-state index in [2.05, 4.69) is 37.9 Å². The molecule has 0 aliphatic heterocycles. The summed E-state index contributed by atoms with van der Waals surface area (Å²) in [6.07, 6.45) is 1.80. The lowest BCUT2D eigenvalue weighted by Crippen LogP contribution is -2.10. The Kier molecular flexibility index (Phi) is 6.13. The largest absolute Gasteiger partial charge is 0.488 e. The van der Waals surface area contributed by atoms with Gasteiger partial charge in [0.1, 0.15) is 12.4 Å². The van der Waals surface area contributed by atoms with Gasteiger partial charge in [-0.25, -0.2) is 4.79 Å². The summed E-state index contributed by atoms with van der Waals surface area (Å²) in [7, 11) is 0. The Hall–Kier alpha value is -3.40. The summed E-state index contributed by atoms with van der Waals surface area (Å²) in [4.78, 5) is 15.5. The Morgan fingerprint density at radius 3 is 2.24 bits per heavy atom. The highest BCUT2D eigenvalue weighted by atomic mass is 16.5. The van der Waals surface area contributed by atoms with Crippen LogP contribution in [0.15, 0.2) is 77.8 Å². The fraction of sp³-hybridized carbons (Fsp3) is 0.200. The standard InChI is InChI=1S/C25H25NO3/c1-25(2,3)21-12-14-22(15-13-21)26-16-20-6-4-5-7-23(20)29-17-18-8-10-19(11-9-18)24(27)28/h4-16H,17H2,1-3H3,(H,27,28). The SMILES string of the molecule is CC(C)(C)c1ccc(N=Cc2ccccc2OCc2ccc(C(=O)O)cc2)cc1. The first-order valence-electron chi connectivity index (χ1n) is 9.51. The number of aliphatic imine (C=N–C) groups is 1. The van der Waals surface area contributed by atoms with Crippen molar-refractivity contribution >= 4 is 17.9 Å². The molecule has 0 unspecified atom stereocenters. The Bertz CT molecular complexity index is 997. The molecule has 29 heavy (non-hydrogen) atoms. The van der Waals surface area contributed by atoms with E-state index in [9.17, 15) is 4.79 Å². The van der Waals surface area contributed by atoms with Crippen molar-refractivity contribution in [3.8, 4) is 5.75 Å². The second kappa shape index (κ2) is 8.74. The number of carboxylic acid groups (broad SMARTS) is 1. The third-order valence-electron chi connectivity index (χ3n) is 4.60. The fourth-order valence-electron chi connectivity index (χ4n) is 2.81. The van der Waals surface area contributed by atoms with E-state index in [4.69, 9.17) is 9.84 Å². The van der Waals surface area contributed by atoms with E-state index in [0.717, 1.165) is 22.6 Å². The van der Waals surface area contributed by atoms with Gasteiger partial charge in [0, 0.05) is 11.8 Å². The lowest BCUT2D eigenvalue weighted by Gasteiger charge is -2.18. The van der Waals surface area contributed by atoms with Crippen LogP contribution in [0.1, 0.15) is 47.8 Å². The predicted octanol–water partition coefficient (Wildman–Crippen LogP) is 6.01. The maximum absolute atomic E-state index is 10.9. The minimum absolute atomic E-state index is 0.116. The number of ether oxygens (including phenoxy) is 1. The van der Waals surface area contributed by atoms with Crippen molar-refractivity contribution in [3.05, 3.63) is 95.1 Å². The predicted molar refractivity (Wildman–Crippen MR) is 117 cm³/mol. The summed E-state index contributed by atoms with van der Waals surface area (Å²) < 4.78 is 5.94. The number of nitrogens with zero attached hydrogens (tertiary/aromatic N) is 1. The van der Waals surface area contributed by atoms with Crippen LogP contribution < -0.4 is 4.74 Å². The molecule has 0 spiro atoms. The Labute approximate surface area is 171 Å². The molecule has 3 aromatic carbocycles. The van der Waals surface area contributed by atoms with E-state index < -0.39 is 5.97 Å². The van der Waals surface area contributed by atoms with Crippen LogP contribution >= 0.6 is 0 Å². The number of rotatable bonds is 6. The third-order valence-corrected chi connectivity index (χ3v) is 4.60. The quantitative estimate of drug-likeness (QED) is 0.527. The number of hydrogen-bond acceptors (Lipinski definition) is 3. The van der Waals surface area contributed by atoms with Crippen LogP contribution in [0.3, 0.4) is 0 Å². The molecule has 0 aliphatic rings. The highest BCUT2D eigenvalue weighted by Crippen LogP contribution is 2.25. The number of benzene rings is 3. The molecule has 0 amide bonds. The summed E-state index contributed by atoms with van der Waals surface area (Å²) >= 11 is 0. The Balaban J connectivity index is 1.70. The Morgan fingerprint density at radius 1 is 0.966 bits per heavy atom. The fourth-order valence-corrected chi connectivity index (χ4v) is 2.81. The van der Waals surface area contributed by atoms with Crippen molar-refractivity contribution in [2.45, 2.75) is 32.8 Å². The number of carbonyl (C=O) groups is 1. The van der Waals surface area contributed by atoms with Crippen molar-refractivity contribution in [2.24, 2.45) is 4.99 Å². The molecule has 0 saturated carbocycles. The highest BCUT2D eigenvalue weighted by Gasteiger charge is 2.12. The first kappa shape index (κ1) is 20.3. The molecule has 0 aromatic heterocycles. The van der Waals surface area contributed by atoms with Crippen LogP contribution in [-0.2, 0) is 12.0 Å². The van der Waals surface area contributed by atoms with Crippen molar-refractivity contribution < 1.29 is 14.6 Å². The smallest absolute Gasteiger partial charge is 0.335 e. The maximum Gasteiger partial charge on any atom is 0.335 e. The topological polar surface area (TPSA) is 58.9 Å². The van der Waals surface area contributed by atoms with Gasteiger partial charge < -0.3 is 9.84 Å². The van der Waals surface area contributed by atoms with Gasteiger partial charge in [0.15, 0.2) is 0 Å². The van der Waals surface area contributed by atoms with E-state index in [1.54, 1.807) is 30.5 Å². The molecular formula is C25H25NO3. The highest BCUT2D eigenvalue weighted by molar-refractivity contribution is 5.87. The van der Waals surface area contributed by atoms with Gasteiger partial charge in [0.25, 0.3) is 0 Å². The van der Waals surface area contributed by atoms with E-state index in [1.807, 2.05) is 36.4 Å². The van der Waals surface area contributed by atoms with Gasteiger partial charge in [-0.05, 0) is 52.9 Å². The average molecular weight is 387 g/mol. The number of aromatic carboxylic acids is 1. The van der Waals surface area contributed by atoms with E-state index in [1.165, 1.54) is 5.56 Å². The molecule has 3 aromatic rings. The molecule has 1 N–H and O–H groups in total. The van der Waals surface area contributed by atoms with E-state index in [0.29, 0.717) is 6.61 Å². The summed E-state index contributed by atoms with van der Waals surface area (Å²) in [5.41, 5.74) is 4.32. The third kappa shape index (κ3) is 5.55. The molecule has 0 atom stereocenters. The molecule has 4 heteroatoms. The summed E-state index contributed by atoms with van der Waals surface area (Å²) in [5, 5.41) is 8.98. The van der Waals surface area contributed by atoms with E-state index in [-0.39, 0.29) is 11.0 Å². The van der Waals surface area contributed by atoms with Gasteiger partial charge in [-0.1, -0.05) is 57.2 Å². The zero-order valence-electron chi connectivity index (χ0n) is 16.9. The van der Waals surface area contributed by atoms with Crippen LogP contribution in [0.25, 0.3) is 0 Å². The maximum atomic E-state index is 10.9. The van der Waals surface area contributed by atoms with E-state index >= 15 is 0 Å². The van der Waals surface area contributed by atoms with Crippen LogP contribution in [0.2, 0.25) is 0 Å². The van der Waals surface area contributed by atoms with Crippen molar-refractivity contribution in [2.75, 3.05) is 0 Å². The molecule has 0 fully saturated rings. The minimum atomic E-state index is -0.936. The van der Waals surface area contributed by atoms with Crippen LogP contribution in [0.4, 0.5) is 5.69 Å². The second-order valence-electron chi connectivity index (χ2n) is 7.88. The first-order valence-corrected chi connectivity index (χ1v) is 9.51. The summed E-state index contributed by atoms with van der Waals surface area (Å²) in [5.74, 6) is -0.209. The molecular weight excluding hydrogens is 362 g/mol. The molecule has 0 radical (unpaired) electrons. The lowest BCUT2D eigenvalue weighted by atomic mass is 9.87. The molecule has 4 nitrogen and oxygen atoms in total. The summed E-state index contributed by atoms with van der Waals surface area (Å²) in [6, 6.07) is 22.6. The van der Waals surface area contributed by atoms with Crippen LogP contribution in [0, 0.1) is 0 Å². The van der Waals surface area contributed by atoms with Gasteiger partial charge in [0.05, 0.1) is 11.3 Å². The van der Waals surface area contributed by atoms with Crippen molar-refractivity contribution in [1.29, 1.82) is 0 Å². The molecule has 148 valence electrons. The zero-order valence-corrected chi connectivity index (χ0v) is 16.9. The molecule has 3 rings (SSSR count). The molecule has 0 bridgehead atoms. The normalized spacial score (nSPS) is 11.6. The van der Waals surface area contributed by atoms with Crippen LogP contribution in [0.5, 0.6) is 5.75 Å². The molecule has 0 aliphatic carbocycles. The zero-order chi connectivity index (χ0) is 20.9. The van der Waals surface area contributed by atoms with Gasteiger partial charge in [-0.15, -0.1) is 0 Å². The molecule has 0 saturated heterocycles. The first-order chi connectivity index (χ1) is 13.8. The number of carboxylic acids is 1. The number of para-hydroxylation sites is 1. The van der Waals surface area contributed by atoms with Gasteiger partial charge >= 0.3 is 5.97 Å². The minimum Gasteiger partial charge on any atom is -0.488 e. The van der Waals surface area contributed by atoms with Gasteiger partial charge in [0.2, 0.25) is 0 Å². The van der Waals surface area contributed by atoms with Crippen molar-refractivity contribution in [3.63, 3.8) is 0 Å². The number of hydrogen-bond donors (Lipinski definition) is 1. The van der Waals surface area contributed by atoms with Crippen LogP contribution in [-0.4, -0.2) is 17.3 Å². The monoisotopic (exact) mass is 387 g/mol. The molecule has 0 heterocycles. The second-order valence-corrected chi connectivity index (χ2v) is 7.88. The summed E-state index contributed by atoms with van der Waals surface area (Å²) in [6.45, 7) is 6.92. The Morgan fingerprint density at radius 2 is 1.62 bits per heavy atom.